The number of nitrogens with one attached hydrogen (secondary N) is 2. The van der Waals surface area contributed by atoms with Gasteiger partial charge >= 0.3 is 0 Å². The summed E-state index contributed by atoms with van der Waals surface area (Å²) >= 11 is 11.3. The van der Waals surface area contributed by atoms with Gasteiger partial charge in [0.15, 0.2) is 5.11 Å². The number of thiocarbonyl (C=S) groups is 1. The van der Waals surface area contributed by atoms with Crippen molar-refractivity contribution in [3.05, 3.63) is 29.3 Å². The predicted molar refractivity (Wildman–Crippen MR) is 80.0 cm³/mol. The third-order valence-electron chi connectivity index (χ3n) is 4.14. The third kappa shape index (κ3) is 2.62. The Bertz CT molecular complexity index is 463. The second-order valence-corrected chi connectivity index (χ2v) is 6.23. The summed E-state index contributed by atoms with van der Waals surface area (Å²) in [7, 11) is 0. The van der Waals surface area contributed by atoms with Crippen molar-refractivity contribution in [1.29, 1.82) is 0 Å². The largest absolute Gasteiger partial charge is 0.359 e. The highest BCUT2D eigenvalue weighted by Crippen LogP contribution is 2.44. The number of anilines is 1. The van der Waals surface area contributed by atoms with Crippen molar-refractivity contribution in [1.82, 2.24) is 5.32 Å². The van der Waals surface area contributed by atoms with Crippen LogP contribution in [0.2, 0.25) is 5.02 Å². The lowest BCUT2D eigenvalue weighted by Crippen LogP contribution is -2.40. The number of halogens is 1. The maximum Gasteiger partial charge on any atom is 0.171 e. The van der Waals surface area contributed by atoms with E-state index in [0.717, 1.165) is 27.7 Å². The fraction of sp³-hybridized carbons (Fsp3) is 0.500. The van der Waals surface area contributed by atoms with Crippen LogP contribution >= 0.6 is 23.8 Å². The number of fused-ring (bicyclic) bond motifs is 2. The summed E-state index contributed by atoms with van der Waals surface area (Å²) < 4.78 is 0. The van der Waals surface area contributed by atoms with Crippen molar-refractivity contribution < 1.29 is 0 Å². The quantitative estimate of drug-likeness (QED) is 0.806. The molecule has 0 aliphatic heterocycles. The molecule has 0 amide bonds. The Morgan fingerprint density at radius 3 is 2.83 bits per heavy atom. The van der Waals surface area contributed by atoms with Crippen molar-refractivity contribution in [3.63, 3.8) is 0 Å². The smallest absolute Gasteiger partial charge is 0.171 e. The Hall–Kier alpha value is -0.800. The molecule has 2 bridgehead atoms. The van der Waals surface area contributed by atoms with Crippen LogP contribution in [0.3, 0.4) is 0 Å². The lowest BCUT2D eigenvalue weighted by Gasteiger charge is -2.24. The fourth-order valence-corrected chi connectivity index (χ4v) is 3.78. The first-order valence-corrected chi connectivity index (χ1v) is 7.32. The van der Waals surface area contributed by atoms with Crippen LogP contribution in [-0.2, 0) is 0 Å². The first kappa shape index (κ1) is 12.2. The molecule has 2 aliphatic carbocycles. The van der Waals surface area contributed by atoms with Crippen LogP contribution in [0.4, 0.5) is 5.69 Å². The minimum atomic E-state index is 0.572. The highest BCUT2D eigenvalue weighted by molar-refractivity contribution is 7.80. The molecule has 3 rings (SSSR count). The SMILES string of the molecule is S=C(Nc1cccc(Cl)c1)N[C@H]1C[C@H]2CC[C@H]1C2. The Balaban J connectivity index is 1.56. The van der Waals surface area contributed by atoms with Crippen LogP contribution in [0, 0.1) is 11.8 Å². The molecule has 0 radical (unpaired) electrons. The zero-order valence-corrected chi connectivity index (χ0v) is 11.7. The molecular formula is C14H17ClN2S. The number of rotatable bonds is 2. The van der Waals surface area contributed by atoms with Crippen LogP contribution in [0.1, 0.15) is 25.7 Å². The fourth-order valence-electron chi connectivity index (χ4n) is 3.32. The molecule has 18 heavy (non-hydrogen) atoms. The summed E-state index contributed by atoms with van der Waals surface area (Å²) in [6.45, 7) is 0. The van der Waals surface area contributed by atoms with Gasteiger partial charge in [-0.15, -0.1) is 0 Å². The topological polar surface area (TPSA) is 24.1 Å². The minimum absolute atomic E-state index is 0.572. The summed E-state index contributed by atoms with van der Waals surface area (Å²) in [5, 5.41) is 8.10. The van der Waals surface area contributed by atoms with Gasteiger partial charge in [-0.1, -0.05) is 24.1 Å². The average Bonchev–Trinajstić information content (AvgIpc) is 2.90. The summed E-state index contributed by atoms with van der Waals surface area (Å²) in [6, 6.07) is 8.21. The molecule has 4 heteroatoms. The zero-order valence-electron chi connectivity index (χ0n) is 10.2. The summed E-state index contributed by atoms with van der Waals surface area (Å²) in [5.74, 6) is 1.76. The first-order valence-electron chi connectivity index (χ1n) is 6.54. The third-order valence-corrected chi connectivity index (χ3v) is 4.59. The van der Waals surface area contributed by atoms with E-state index in [0.29, 0.717) is 6.04 Å². The van der Waals surface area contributed by atoms with E-state index in [-0.39, 0.29) is 0 Å². The second kappa shape index (κ2) is 5.06. The predicted octanol–water partition coefficient (Wildman–Crippen LogP) is 3.82. The Labute approximate surface area is 118 Å². The van der Waals surface area contributed by atoms with Gasteiger partial charge in [-0.25, -0.2) is 0 Å². The van der Waals surface area contributed by atoms with Crippen molar-refractivity contribution in [2.75, 3.05) is 5.32 Å². The van der Waals surface area contributed by atoms with E-state index in [2.05, 4.69) is 10.6 Å². The molecule has 2 N–H and O–H groups in total. The van der Waals surface area contributed by atoms with Gasteiger partial charge in [-0.2, -0.15) is 0 Å². The Morgan fingerprint density at radius 1 is 1.28 bits per heavy atom. The molecule has 2 fully saturated rings. The second-order valence-electron chi connectivity index (χ2n) is 5.39. The Morgan fingerprint density at radius 2 is 2.17 bits per heavy atom. The van der Waals surface area contributed by atoms with E-state index >= 15 is 0 Å². The Kier molecular flexibility index (Phi) is 3.44. The van der Waals surface area contributed by atoms with Crippen LogP contribution < -0.4 is 10.6 Å². The van der Waals surface area contributed by atoms with Gasteiger partial charge in [0.25, 0.3) is 0 Å². The average molecular weight is 281 g/mol. The molecule has 2 saturated carbocycles. The van der Waals surface area contributed by atoms with Gasteiger partial charge in [0.05, 0.1) is 0 Å². The maximum absolute atomic E-state index is 5.95. The van der Waals surface area contributed by atoms with Crippen molar-refractivity contribution in [2.24, 2.45) is 11.8 Å². The van der Waals surface area contributed by atoms with E-state index < -0.39 is 0 Å². The monoisotopic (exact) mass is 280 g/mol. The molecule has 0 spiro atoms. The number of hydrogen-bond donors (Lipinski definition) is 2. The van der Waals surface area contributed by atoms with Gasteiger partial charge in [0.2, 0.25) is 0 Å². The molecule has 2 nitrogen and oxygen atoms in total. The van der Waals surface area contributed by atoms with Crippen LogP contribution in [0.25, 0.3) is 0 Å². The summed E-state index contributed by atoms with van der Waals surface area (Å²) in [4.78, 5) is 0. The van der Waals surface area contributed by atoms with Gasteiger partial charge in [0, 0.05) is 16.8 Å². The zero-order chi connectivity index (χ0) is 12.5. The highest BCUT2D eigenvalue weighted by Gasteiger charge is 2.39. The lowest BCUT2D eigenvalue weighted by molar-refractivity contribution is 0.392. The van der Waals surface area contributed by atoms with Crippen LogP contribution in [0.5, 0.6) is 0 Å². The normalized spacial score (nSPS) is 29.3. The number of benzene rings is 1. The minimum Gasteiger partial charge on any atom is -0.359 e. The molecule has 0 aromatic heterocycles. The molecule has 0 saturated heterocycles. The molecule has 1 aromatic carbocycles. The van der Waals surface area contributed by atoms with E-state index in [1.807, 2.05) is 24.3 Å². The molecule has 3 atom stereocenters. The maximum atomic E-state index is 5.95. The molecule has 1 aromatic rings. The molecule has 96 valence electrons. The van der Waals surface area contributed by atoms with E-state index in [9.17, 15) is 0 Å². The van der Waals surface area contributed by atoms with Crippen molar-refractivity contribution in [3.8, 4) is 0 Å². The highest BCUT2D eigenvalue weighted by atomic mass is 35.5. The van der Waals surface area contributed by atoms with Crippen LogP contribution in [-0.4, -0.2) is 11.2 Å². The van der Waals surface area contributed by atoms with Crippen molar-refractivity contribution in [2.45, 2.75) is 31.7 Å². The van der Waals surface area contributed by atoms with Gasteiger partial charge in [-0.3, -0.25) is 0 Å². The van der Waals surface area contributed by atoms with Crippen LogP contribution in [0.15, 0.2) is 24.3 Å². The first-order chi connectivity index (χ1) is 8.70. The molecular weight excluding hydrogens is 264 g/mol. The molecule has 0 unspecified atom stereocenters. The van der Waals surface area contributed by atoms with E-state index in [1.165, 1.54) is 25.7 Å². The lowest BCUT2D eigenvalue weighted by atomic mass is 9.96. The molecule has 2 aliphatic rings. The van der Waals surface area contributed by atoms with E-state index in [1.54, 1.807) is 0 Å². The summed E-state index contributed by atoms with van der Waals surface area (Å²) in [6.07, 6.45) is 5.44. The van der Waals surface area contributed by atoms with Gasteiger partial charge in [-0.05, 0) is 61.5 Å². The van der Waals surface area contributed by atoms with Gasteiger partial charge < -0.3 is 10.6 Å². The number of hydrogen-bond acceptors (Lipinski definition) is 1. The molecule has 0 heterocycles. The standard InChI is InChI=1S/C14H17ClN2S/c15-11-2-1-3-12(8-11)16-14(18)17-13-7-9-4-5-10(13)6-9/h1-3,8-10,13H,4-7H2,(H2,16,17,18)/t9-,10-,13-/m0/s1. The summed E-state index contributed by atoms with van der Waals surface area (Å²) in [5.41, 5.74) is 0.947. The van der Waals surface area contributed by atoms with E-state index in [4.69, 9.17) is 23.8 Å². The van der Waals surface area contributed by atoms with Crippen molar-refractivity contribution >= 4 is 34.6 Å². The van der Waals surface area contributed by atoms with Gasteiger partial charge in [0.1, 0.15) is 0 Å².